The SMILES string of the molecule is CCCCCCCCCCCCCCCCNC(=S)N(CCC#N)CCC#N. The summed E-state index contributed by atoms with van der Waals surface area (Å²) in [5.41, 5.74) is 0. The Morgan fingerprint density at radius 1 is 0.714 bits per heavy atom. The molecule has 160 valence electrons. The number of nitriles is 2. The van der Waals surface area contributed by atoms with Gasteiger partial charge in [0, 0.05) is 19.6 Å². The summed E-state index contributed by atoms with van der Waals surface area (Å²) >= 11 is 5.40. The number of nitrogens with one attached hydrogen (secondary N) is 1. The molecule has 0 rings (SSSR count). The predicted octanol–water partition coefficient (Wildman–Crippen LogP) is 6.47. The van der Waals surface area contributed by atoms with Gasteiger partial charge in [0.05, 0.1) is 25.0 Å². The van der Waals surface area contributed by atoms with Crippen LogP contribution in [0.2, 0.25) is 0 Å². The van der Waals surface area contributed by atoms with Gasteiger partial charge in [-0.25, -0.2) is 0 Å². The van der Waals surface area contributed by atoms with Crippen molar-refractivity contribution in [2.75, 3.05) is 19.6 Å². The maximum absolute atomic E-state index is 8.73. The lowest BCUT2D eigenvalue weighted by molar-refractivity contribution is 0.427. The zero-order valence-electron chi connectivity index (χ0n) is 18.2. The van der Waals surface area contributed by atoms with Crippen LogP contribution >= 0.6 is 12.2 Å². The highest BCUT2D eigenvalue weighted by Crippen LogP contribution is 2.12. The van der Waals surface area contributed by atoms with Crippen molar-refractivity contribution in [3.63, 3.8) is 0 Å². The first-order valence-electron chi connectivity index (χ1n) is 11.5. The maximum atomic E-state index is 8.73. The van der Waals surface area contributed by atoms with Crippen molar-refractivity contribution in [3.8, 4) is 12.1 Å². The highest BCUT2D eigenvalue weighted by molar-refractivity contribution is 7.80. The smallest absolute Gasteiger partial charge is 0.168 e. The molecule has 0 saturated carbocycles. The summed E-state index contributed by atoms with van der Waals surface area (Å²) in [5.74, 6) is 0. The fraction of sp³-hybridized carbons (Fsp3) is 0.870. The third kappa shape index (κ3) is 18.1. The van der Waals surface area contributed by atoms with E-state index in [0.717, 1.165) is 13.0 Å². The molecule has 5 heteroatoms. The topological polar surface area (TPSA) is 62.9 Å². The Kier molecular flexibility index (Phi) is 20.9. The van der Waals surface area contributed by atoms with Crippen LogP contribution in [0, 0.1) is 22.7 Å². The van der Waals surface area contributed by atoms with E-state index in [0.29, 0.717) is 31.0 Å². The second-order valence-corrected chi connectivity index (χ2v) is 8.02. The van der Waals surface area contributed by atoms with E-state index in [1.807, 2.05) is 4.90 Å². The third-order valence-electron chi connectivity index (χ3n) is 5.08. The van der Waals surface area contributed by atoms with Crippen LogP contribution < -0.4 is 5.32 Å². The Hall–Kier alpha value is -1.33. The molecule has 0 aliphatic heterocycles. The fourth-order valence-corrected chi connectivity index (χ4v) is 3.60. The number of rotatable bonds is 19. The molecule has 0 aromatic heterocycles. The molecule has 0 aromatic rings. The van der Waals surface area contributed by atoms with Crippen molar-refractivity contribution in [1.29, 1.82) is 10.5 Å². The Morgan fingerprint density at radius 2 is 1.11 bits per heavy atom. The van der Waals surface area contributed by atoms with Crippen LogP contribution in [0.25, 0.3) is 0 Å². The average molecular weight is 407 g/mol. The van der Waals surface area contributed by atoms with Gasteiger partial charge < -0.3 is 10.2 Å². The zero-order chi connectivity index (χ0) is 20.7. The van der Waals surface area contributed by atoms with E-state index < -0.39 is 0 Å². The van der Waals surface area contributed by atoms with Gasteiger partial charge in [-0.3, -0.25) is 0 Å². The highest BCUT2D eigenvalue weighted by atomic mass is 32.1. The Bertz CT molecular complexity index is 421. The van der Waals surface area contributed by atoms with E-state index >= 15 is 0 Å². The van der Waals surface area contributed by atoms with Crippen molar-refractivity contribution in [2.45, 2.75) is 110 Å². The average Bonchev–Trinajstić information content (AvgIpc) is 2.70. The van der Waals surface area contributed by atoms with Gasteiger partial charge in [0.15, 0.2) is 5.11 Å². The van der Waals surface area contributed by atoms with E-state index in [9.17, 15) is 0 Å². The summed E-state index contributed by atoms with van der Waals surface area (Å²) < 4.78 is 0. The lowest BCUT2D eigenvalue weighted by atomic mass is 10.0. The van der Waals surface area contributed by atoms with E-state index in [1.54, 1.807) is 0 Å². The number of hydrogen-bond acceptors (Lipinski definition) is 3. The van der Waals surface area contributed by atoms with Crippen LogP contribution in [0.1, 0.15) is 110 Å². The molecule has 0 unspecified atom stereocenters. The van der Waals surface area contributed by atoms with Gasteiger partial charge in [-0.15, -0.1) is 0 Å². The van der Waals surface area contributed by atoms with Crippen LogP contribution in [-0.4, -0.2) is 29.6 Å². The lowest BCUT2D eigenvalue weighted by Crippen LogP contribution is -2.41. The molecule has 0 aromatic carbocycles. The first-order chi connectivity index (χ1) is 13.8. The predicted molar refractivity (Wildman–Crippen MR) is 123 cm³/mol. The van der Waals surface area contributed by atoms with Crippen molar-refractivity contribution < 1.29 is 0 Å². The summed E-state index contributed by atoms with van der Waals surface area (Å²) in [4.78, 5) is 1.94. The van der Waals surface area contributed by atoms with E-state index in [1.165, 1.54) is 83.5 Å². The van der Waals surface area contributed by atoms with E-state index in [2.05, 4.69) is 24.4 Å². The largest absolute Gasteiger partial charge is 0.363 e. The normalized spacial score (nSPS) is 10.2. The third-order valence-corrected chi connectivity index (χ3v) is 5.48. The molecule has 0 atom stereocenters. The first-order valence-corrected chi connectivity index (χ1v) is 11.9. The molecule has 28 heavy (non-hydrogen) atoms. The number of hydrogen-bond donors (Lipinski definition) is 1. The second-order valence-electron chi connectivity index (χ2n) is 7.63. The molecule has 0 heterocycles. The molecule has 4 nitrogen and oxygen atoms in total. The van der Waals surface area contributed by atoms with Gasteiger partial charge >= 0.3 is 0 Å². The van der Waals surface area contributed by atoms with E-state index in [-0.39, 0.29) is 0 Å². The Labute approximate surface area is 179 Å². The quantitative estimate of drug-likeness (QED) is 0.197. The summed E-state index contributed by atoms with van der Waals surface area (Å²) in [6.45, 7) is 4.36. The van der Waals surface area contributed by atoms with Crippen LogP contribution in [0.3, 0.4) is 0 Å². The standard InChI is InChI=1S/C23H42N4S/c1-2-3-4-5-6-7-8-9-10-11-12-13-14-15-20-26-23(28)27(21-16-18-24)22-17-19-25/h2-17,20-22H2,1H3,(H,26,28). The fourth-order valence-electron chi connectivity index (χ4n) is 3.31. The van der Waals surface area contributed by atoms with Crippen molar-refractivity contribution in [2.24, 2.45) is 0 Å². The van der Waals surface area contributed by atoms with Gasteiger partial charge in [-0.2, -0.15) is 10.5 Å². The highest BCUT2D eigenvalue weighted by Gasteiger charge is 2.08. The second kappa shape index (κ2) is 22.0. The molecule has 0 amide bonds. The van der Waals surface area contributed by atoms with E-state index in [4.69, 9.17) is 22.7 Å². The minimum absolute atomic E-state index is 0.437. The van der Waals surface area contributed by atoms with Crippen LogP contribution in [0.4, 0.5) is 0 Å². The maximum Gasteiger partial charge on any atom is 0.168 e. The van der Waals surface area contributed by atoms with Crippen molar-refractivity contribution in [3.05, 3.63) is 0 Å². The molecule has 0 aliphatic rings. The van der Waals surface area contributed by atoms with Crippen molar-refractivity contribution in [1.82, 2.24) is 10.2 Å². The molecule has 1 N–H and O–H groups in total. The molecular formula is C23H42N4S. The summed E-state index contributed by atoms with van der Waals surface area (Å²) in [7, 11) is 0. The minimum atomic E-state index is 0.437. The van der Waals surface area contributed by atoms with Gasteiger partial charge in [0.1, 0.15) is 0 Å². The summed E-state index contributed by atoms with van der Waals surface area (Å²) in [5, 5.41) is 21.4. The molecular weight excluding hydrogens is 364 g/mol. The van der Waals surface area contributed by atoms with Crippen molar-refractivity contribution >= 4 is 17.3 Å². The van der Waals surface area contributed by atoms with Gasteiger partial charge in [-0.05, 0) is 18.6 Å². The van der Waals surface area contributed by atoms with Gasteiger partial charge in [0.2, 0.25) is 0 Å². The van der Waals surface area contributed by atoms with Crippen LogP contribution in [0.5, 0.6) is 0 Å². The number of nitrogens with zero attached hydrogens (tertiary/aromatic N) is 3. The molecule has 0 saturated heterocycles. The van der Waals surface area contributed by atoms with Crippen LogP contribution in [-0.2, 0) is 0 Å². The Balaban J connectivity index is 3.44. The minimum Gasteiger partial charge on any atom is -0.363 e. The van der Waals surface area contributed by atoms with Crippen LogP contribution in [0.15, 0.2) is 0 Å². The molecule has 0 bridgehead atoms. The lowest BCUT2D eigenvalue weighted by Gasteiger charge is -2.23. The summed E-state index contributed by atoms with van der Waals surface area (Å²) in [6, 6.07) is 4.28. The first kappa shape index (κ1) is 26.7. The monoisotopic (exact) mass is 406 g/mol. The van der Waals surface area contributed by atoms with Gasteiger partial charge in [-0.1, -0.05) is 90.4 Å². The Morgan fingerprint density at radius 3 is 1.50 bits per heavy atom. The summed E-state index contributed by atoms with van der Waals surface area (Å²) in [6.07, 6.45) is 19.9. The molecule has 0 fully saturated rings. The zero-order valence-corrected chi connectivity index (χ0v) is 19.0. The molecule has 0 spiro atoms. The van der Waals surface area contributed by atoms with Gasteiger partial charge in [0.25, 0.3) is 0 Å². The molecule has 0 aliphatic carbocycles. The number of unbranched alkanes of at least 4 members (excludes halogenated alkanes) is 13. The molecule has 0 radical (unpaired) electrons. The number of thiocarbonyl (C=S) groups is 1.